The van der Waals surface area contributed by atoms with Crippen LogP contribution < -0.4 is 0 Å². The summed E-state index contributed by atoms with van der Waals surface area (Å²) in [6.45, 7) is 6.45. The van der Waals surface area contributed by atoms with Crippen molar-refractivity contribution in [2.45, 2.75) is 64.7 Å². The van der Waals surface area contributed by atoms with Gasteiger partial charge in [-0.1, -0.05) is 13.0 Å². The van der Waals surface area contributed by atoms with Crippen LogP contribution in [0.15, 0.2) is 12.7 Å². The van der Waals surface area contributed by atoms with Crippen molar-refractivity contribution in [3.63, 3.8) is 0 Å². The first-order valence-electron chi connectivity index (χ1n) is 9.20. The summed E-state index contributed by atoms with van der Waals surface area (Å²) in [5, 5.41) is 0. The van der Waals surface area contributed by atoms with Crippen LogP contribution in [-0.4, -0.2) is 11.6 Å². The zero-order valence-electron chi connectivity index (χ0n) is 13.8. The Labute approximate surface area is 133 Å². The van der Waals surface area contributed by atoms with Gasteiger partial charge in [-0.2, -0.15) is 0 Å². The molecule has 0 aliphatic heterocycles. The van der Waals surface area contributed by atoms with Gasteiger partial charge >= 0.3 is 0 Å². The molecule has 0 radical (unpaired) electrons. The molecule has 2 nitrogen and oxygen atoms in total. The summed E-state index contributed by atoms with van der Waals surface area (Å²) >= 11 is 0. The minimum atomic E-state index is -0.0408. The van der Waals surface area contributed by atoms with Crippen molar-refractivity contribution in [2.24, 2.45) is 34.5 Å². The second kappa shape index (κ2) is 4.79. The first-order chi connectivity index (χ1) is 10.5. The molecule has 0 saturated heterocycles. The highest BCUT2D eigenvalue weighted by atomic mass is 16.1. The number of allylic oxidation sites excluding steroid dienone is 1. The predicted octanol–water partition coefficient (Wildman–Crippen LogP) is 4.33. The number of fused-ring (bicyclic) bond motifs is 5. The van der Waals surface area contributed by atoms with E-state index < -0.39 is 0 Å². The largest absolute Gasteiger partial charge is 0.300 e. The third kappa shape index (κ3) is 1.73. The lowest BCUT2D eigenvalue weighted by Gasteiger charge is -2.59. The van der Waals surface area contributed by atoms with Gasteiger partial charge in [0.2, 0.25) is 0 Å². The zero-order chi connectivity index (χ0) is 15.5. The van der Waals surface area contributed by atoms with Crippen LogP contribution in [0.1, 0.15) is 64.7 Å². The number of ketones is 2. The minimum absolute atomic E-state index is 0.0408. The number of Topliss-reactive ketones (excluding diaryl/α,β-unsaturated/α-hetero) is 2. The Morgan fingerprint density at radius 1 is 1.05 bits per heavy atom. The van der Waals surface area contributed by atoms with Gasteiger partial charge in [0.05, 0.1) is 0 Å². The molecular weight excluding hydrogens is 272 g/mol. The molecule has 4 aliphatic carbocycles. The molecule has 0 heterocycles. The van der Waals surface area contributed by atoms with Crippen LogP contribution in [0.5, 0.6) is 0 Å². The Bertz CT molecular complexity index is 536. The maximum Gasteiger partial charge on any atom is 0.139 e. The molecule has 0 amide bonds. The fourth-order valence-corrected chi connectivity index (χ4v) is 6.93. The van der Waals surface area contributed by atoms with E-state index in [-0.39, 0.29) is 10.8 Å². The molecule has 3 unspecified atom stereocenters. The highest BCUT2D eigenvalue weighted by Gasteiger charge is 2.60. The Kier molecular flexibility index (Phi) is 3.19. The highest BCUT2D eigenvalue weighted by Crippen LogP contribution is 2.65. The molecule has 0 N–H and O–H groups in total. The van der Waals surface area contributed by atoms with E-state index in [2.05, 4.69) is 19.6 Å². The zero-order valence-corrected chi connectivity index (χ0v) is 13.8. The molecule has 0 aromatic heterocycles. The van der Waals surface area contributed by atoms with Crippen molar-refractivity contribution in [1.82, 2.24) is 0 Å². The summed E-state index contributed by atoms with van der Waals surface area (Å²) in [4.78, 5) is 24.3. The molecule has 22 heavy (non-hydrogen) atoms. The van der Waals surface area contributed by atoms with E-state index in [0.29, 0.717) is 35.2 Å². The molecular formula is C20H28O2. The monoisotopic (exact) mass is 300 g/mol. The van der Waals surface area contributed by atoms with Gasteiger partial charge in [0.1, 0.15) is 11.6 Å². The summed E-state index contributed by atoms with van der Waals surface area (Å²) in [5.41, 5.74) is 0.143. The first kappa shape index (κ1) is 14.7. The van der Waals surface area contributed by atoms with Gasteiger partial charge in [0.25, 0.3) is 0 Å². The smallest absolute Gasteiger partial charge is 0.139 e. The fourth-order valence-electron chi connectivity index (χ4n) is 6.93. The van der Waals surface area contributed by atoms with Crippen molar-refractivity contribution in [3.05, 3.63) is 12.7 Å². The molecule has 120 valence electrons. The van der Waals surface area contributed by atoms with E-state index in [4.69, 9.17) is 0 Å². The summed E-state index contributed by atoms with van der Waals surface area (Å²) in [7, 11) is 0. The van der Waals surface area contributed by atoms with Crippen molar-refractivity contribution < 1.29 is 9.59 Å². The molecule has 4 aliphatic rings. The van der Waals surface area contributed by atoms with Crippen molar-refractivity contribution in [3.8, 4) is 0 Å². The highest BCUT2D eigenvalue weighted by molar-refractivity contribution is 5.87. The fraction of sp³-hybridized carbons (Fsp3) is 0.800. The number of carbonyl (C=O) groups is 2. The van der Waals surface area contributed by atoms with E-state index in [9.17, 15) is 9.59 Å². The first-order valence-corrected chi connectivity index (χ1v) is 9.20. The van der Waals surface area contributed by atoms with Gasteiger partial charge < -0.3 is 0 Å². The van der Waals surface area contributed by atoms with E-state index >= 15 is 0 Å². The van der Waals surface area contributed by atoms with E-state index in [0.717, 1.165) is 38.5 Å². The van der Waals surface area contributed by atoms with Gasteiger partial charge in [-0.05, 0) is 67.6 Å². The number of carbonyl (C=O) groups excluding carboxylic acids is 2. The van der Waals surface area contributed by atoms with Gasteiger partial charge in [-0.3, -0.25) is 9.59 Å². The Balaban J connectivity index is 1.69. The maximum atomic E-state index is 12.4. The molecule has 6 atom stereocenters. The second-order valence-electron chi connectivity index (χ2n) is 8.63. The maximum absolute atomic E-state index is 12.4. The van der Waals surface area contributed by atoms with Gasteiger partial charge in [-0.15, -0.1) is 6.58 Å². The Morgan fingerprint density at radius 3 is 2.64 bits per heavy atom. The Hall–Kier alpha value is -0.920. The van der Waals surface area contributed by atoms with Crippen LogP contribution in [0, 0.1) is 34.5 Å². The van der Waals surface area contributed by atoms with Crippen LogP contribution in [0.4, 0.5) is 0 Å². The van der Waals surface area contributed by atoms with Crippen LogP contribution in [0.25, 0.3) is 0 Å². The average molecular weight is 300 g/mol. The quantitative estimate of drug-likeness (QED) is 0.675. The normalized spacial score (nSPS) is 51.0. The number of hydrogen-bond donors (Lipinski definition) is 0. The van der Waals surface area contributed by atoms with Crippen molar-refractivity contribution >= 4 is 11.6 Å². The summed E-state index contributed by atoms with van der Waals surface area (Å²) in [5.74, 6) is 3.44. The van der Waals surface area contributed by atoms with Gasteiger partial charge in [-0.25, -0.2) is 0 Å². The van der Waals surface area contributed by atoms with Crippen LogP contribution >= 0.6 is 0 Å². The molecule has 2 heteroatoms. The molecule has 0 aromatic carbocycles. The summed E-state index contributed by atoms with van der Waals surface area (Å²) in [6, 6.07) is 0. The van der Waals surface area contributed by atoms with Crippen LogP contribution in [0.3, 0.4) is 0 Å². The molecule has 4 saturated carbocycles. The Morgan fingerprint density at radius 2 is 1.86 bits per heavy atom. The average Bonchev–Trinajstić information content (AvgIpc) is 2.82. The summed E-state index contributed by atoms with van der Waals surface area (Å²) < 4.78 is 0. The van der Waals surface area contributed by atoms with Gasteiger partial charge in [0, 0.05) is 24.7 Å². The second-order valence-corrected chi connectivity index (χ2v) is 8.63. The molecule has 4 fully saturated rings. The molecule has 4 rings (SSSR count). The predicted molar refractivity (Wildman–Crippen MR) is 86.3 cm³/mol. The standard InChI is InChI=1S/C20H28O2/c1-3-20-11-8-14(21)12-13(20)4-5-15-16-6-7-18(22)19(16,2)10-9-17(15)20/h3,13,15-17H,1,4-12H2,2H3/t13-,15?,16?,17?,19-,20-/m0/s1. The number of rotatable bonds is 1. The van der Waals surface area contributed by atoms with Crippen LogP contribution in [0.2, 0.25) is 0 Å². The molecule has 0 spiro atoms. The van der Waals surface area contributed by atoms with E-state index in [1.165, 1.54) is 19.3 Å². The summed E-state index contributed by atoms with van der Waals surface area (Å²) in [6.07, 6.45) is 11.3. The SMILES string of the molecule is C=C[C@]12CCC(=O)C[C@@H]1CCC1C3CCC(=O)[C@@]3(C)CCC12. The topological polar surface area (TPSA) is 34.1 Å². The van der Waals surface area contributed by atoms with E-state index in [1.54, 1.807) is 0 Å². The minimum Gasteiger partial charge on any atom is -0.300 e. The lowest BCUT2D eigenvalue weighted by atomic mass is 9.45. The van der Waals surface area contributed by atoms with Crippen LogP contribution in [-0.2, 0) is 9.59 Å². The molecule has 0 aromatic rings. The number of hydrogen-bond acceptors (Lipinski definition) is 2. The lowest BCUT2D eigenvalue weighted by molar-refractivity contribution is -0.140. The third-order valence-corrected chi connectivity index (χ3v) is 8.14. The van der Waals surface area contributed by atoms with E-state index in [1.807, 2.05) is 0 Å². The molecule has 0 bridgehead atoms. The third-order valence-electron chi connectivity index (χ3n) is 8.14. The van der Waals surface area contributed by atoms with Crippen molar-refractivity contribution in [2.75, 3.05) is 0 Å². The van der Waals surface area contributed by atoms with Crippen molar-refractivity contribution in [1.29, 1.82) is 0 Å². The van der Waals surface area contributed by atoms with Gasteiger partial charge in [0.15, 0.2) is 0 Å². The lowest BCUT2D eigenvalue weighted by Crippen LogP contribution is -2.54.